The smallest absolute Gasteiger partial charge is 0.294 e. The fourth-order valence-electron chi connectivity index (χ4n) is 0.703. The zero-order valence-corrected chi connectivity index (χ0v) is 8.46. The van der Waals surface area contributed by atoms with Crippen LogP contribution < -0.4 is 5.32 Å². The van der Waals surface area contributed by atoms with Crippen molar-refractivity contribution in [2.45, 2.75) is 19.8 Å². The molecular weight excluding hydrogens is 210 g/mol. The van der Waals surface area contributed by atoms with Gasteiger partial charge in [-0.3, -0.25) is 0 Å². The molecule has 0 aliphatic rings. The fourth-order valence-corrected chi connectivity index (χ4v) is 0.703. The van der Waals surface area contributed by atoms with E-state index in [1.807, 2.05) is 5.32 Å². The summed E-state index contributed by atoms with van der Waals surface area (Å²) in [5.74, 6) is 0. The van der Waals surface area contributed by atoms with Gasteiger partial charge < -0.3 is 25.5 Å². The maximum absolute atomic E-state index is 9.66. The molecule has 0 aromatic rings. The third-order valence-electron chi connectivity index (χ3n) is 1.28. The molecule has 0 rings (SSSR count). The topological polar surface area (TPSA) is 135 Å². The van der Waals surface area contributed by atoms with Crippen LogP contribution in [0.4, 0.5) is 0 Å². The highest BCUT2D eigenvalue weighted by Gasteiger charge is 1.94. The Balaban J connectivity index is 0. The Labute approximate surface area is 86.2 Å². The van der Waals surface area contributed by atoms with E-state index in [0.29, 0.717) is 6.54 Å². The minimum atomic E-state index is -1.75. The van der Waals surface area contributed by atoms with Gasteiger partial charge in [-0.15, -0.1) is 10.1 Å². The third-order valence-corrected chi connectivity index (χ3v) is 1.28. The van der Waals surface area contributed by atoms with Crippen LogP contribution in [0.15, 0.2) is 0 Å². The lowest BCUT2D eigenvalue weighted by atomic mass is 10.3. The Morgan fingerprint density at radius 2 is 1.73 bits per heavy atom. The van der Waals surface area contributed by atoms with Gasteiger partial charge >= 0.3 is 0 Å². The molecule has 0 atom stereocenters. The van der Waals surface area contributed by atoms with Crippen LogP contribution >= 0.6 is 0 Å². The maximum Gasteiger partial charge on any atom is 0.294 e. The number of nitrogens with zero attached hydrogens (tertiary/aromatic N) is 2. The summed E-state index contributed by atoms with van der Waals surface area (Å²) >= 11 is 0. The summed E-state index contributed by atoms with van der Waals surface area (Å²) in [4.78, 5) is 22.0. The minimum Gasteiger partial charge on any atom is -0.356 e. The van der Waals surface area contributed by atoms with Gasteiger partial charge in [-0.1, -0.05) is 13.3 Å². The first-order valence-corrected chi connectivity index (χ1v) is 4.41. The van der Waals surface area contributed by atoms with Crippen molar-refractivity contribution in [2.24, 2.45) is 0 Å². The molecule has 90 valence electrons. The molecule has 0 amide bonds. The van der Waals surface area contributed by atoms with E-state index in [2.05, 4.69) is 11.8 Å². The first kappa shape index (κ1) is 15.8. The van der Waals surface area contributed by atoms with Crippen LogP contribution in [0.5, 0.6) is 0 Å². The van der Waals surface area contributed by atoms with Gasteiger partial charge in [0, 0.05) is 0 Å². The van der Waals surface area contributed by atoms with E-state index in [-0.39, 0.29) is 6.61 Å². The van der Waals surface area contributed by atoms with Crippen LogP contribution in [0.25, 0.3) is 0 Å². The van der Waals surface area contributed by atoms with Crippen LogP contribution in [-0.2, 0) is 4.84 Å². The molecule has 0 spiro atoms. The highest BCUT2D eigenvalue weighted by atomic mass is 16.9. The van der Waals surface area contributed by atoms with Crippen LogP contribution in [-0.4, -0.2) is 29.9 Å². The van der Waals surface area contributed by atoms with Gasteiger partial charge in [-0.05, 0) is 6.42 Å². The first-order valence-electron chi connectivity index (χ1n) is 4.41. The van der Waals surface area contributed by atoms with Crippen molar-refractivity contribution < 1.29 is 20.3 Å². The lowest BCUT2D eigenvalue weighted by Crippen LogP contribution is -2.85. The van der Waals surface area contributed by atoms with E-state index in [1.165, 1.54) is 0 Å². The summed E-state index contributed by atoms with van der Waals surface area (Å²) in [6.07, 6.45) is 2.31. The van der Waals surface area contributed by atoms with Crippen molar-refractivity contribution >= 4 is 0 Å². The second-order valence-electron chi connectivity index (χ2n) is 2.50. The molecule has 0 saturated carbocycles. The van der Waals surface area contributed by atoms with Crippen LogP contribution in [0, 0.1) is 25.4 Å². The summed E-state index contributed by atoms with van der Waals surface area (Å²) in [5.41, 5.74) is 0. The summed E-state index contributed by atoms with van der Waals surface area (Å²) in [5, 5.41) is 25.7. The second-order valence-corrected chi connectivity index (χ2v) is 2.50. The van der Waals surface area contributed by atoms with Gasteiger partial charge in [0.2, 0.25) is 0 Å². The van der Waals surface area contributed by atoms with Crippen molar-refractivity contribution in [2.75, 3.05) is 19.7 Å². The molecule has 0 aliphatic carbocycles. The molecule has 0 radical (unpaired) electrons. The highest BCUT2D eigenvalue weighted by Crippen LogP contribution is 1.77. The fraction of sp³-hybridized carbons (Fsp3) is 1.00. The Bertz CT molecular complexity index is 172. The van der Waals surface area contributed by atoms with Crippen molar-refractivity contribution in [3.63, 3.8) is 0 Å². The number of nitrogens with two attached hydrogens (primary N) is 1. The average molecular weight is 225 g/mol. The van der Waals surface area contributed by atoms with Crippen molar-refractivity contribution in [1.29, 1.82) is 0 Å². The standard InChI is InChI=1S/C6H14N2O3.NO3/c1-2-3-4-7-5-6-11-8(9)10;2-1(3)4/h7H,2-6H2,1H3;/q;-1/p+1. The van der Waals surface area contributed by atoms with E-state index < -0.39 is 10.2 Å². The maximum atomic E-state index is 9.66. The van der Waals surface area contributed by atoms with E-state index in [0.717, 1.165) is 19.4 Å². The van der Waals surface area contributed by atoms with Crippen molar-refractivity contribution in [3.8, 4) is 0 Å². The average Bonchev–Trinajstić information content (AvgIpc) is 2.09. The molecule has 2 N–H and O–H groups in total. The predicted octanol–water partition coefficient (Wildman–Crippen LogP) is -0.681. The normalized spacial score (nSPS) is 8.60. The number of hydrogen-bond acceptors (Lipinski definition) is 6. The second kappa shape index (κ2) is 12.4. The number of quaternary nitrogens is 1. The third kappa shape index (κ3) is 32.8. The molecule has 0 aliphatic heterocycles. The van der Waals surface area contributed by atoms with Gasteiger partial charge in [-0.25, -0.2) is 0 Å². The molecule has 0 unspecified atom stereocenters. The molecule has 0 heterocycles. The quantitative estimate of drug-likeness (QED) is 0.346. The molecule has 0 aromatic heterocycles. The molecule has 0 aromatic carbocycles. The molecule has 0 fully saturated rings. The van der Waals surface area contributed by atoms with E-state index >= 15 is 0 Å². The van der Waals surface area contributed by atoms with Gasteiger partial charge in [0.05, 0.1) is 18.2 Å². The SMILES string of the molecule is CCCC[NH2+]CCO[N+](=O)[O-].O=[N+]([O-])[O-]. The van der Waals surface area contributed by atoms with Gasteiger partial charge in [0.15, 0.2) is 0 Å². The summed E-state index contributed by atoms with van der Waals surface area (Å²) in [6, 6.07) is 0. The number of hydrogen-bond donors (Lipinski definition) is 1. The number of rotatable bonds is 7. The van der Waals surface area contributed by atoms with Crippen molar-refractivity contribution in [3.05, 3.63) is 25.4 Å². The monoisotopic (exact) mass is 225 g/mol. The van der Waals surface area contributed by atoms with Crippen LogP contribution in [0.2, 0.25) is 0 Å². The molecule has 15 heavy (non-hydrogen) atoms. The highest BCUT2D eigenvalue weighted by molar-refractivity contribution is 4.26. The van der Waals surface area contributed by atoms with Gasteiger partial charge in [0.25, 0.3) is 5.09 Å². The van der Waals surface area contributed by atoms with Crippen LogP contribution in [0.3, 0.4) is 0 Å². The Morgan fingerprint density at radius 3 is 2.13 bits per heavy atom. The van der Waals surface area contributed by atoms with E-state index in [4.69, 9.17) is 15.3 Å². The largest absolute Gasteiger partial charge is 0.356 e. The summed E-state index contributed by atoms with van der Waals surface area (Å²) in [7, 11) is 0. The lowest BCUT2D eigenvalue weighted by molar-refractivity contribution is -0.770. The van der Waals surface area contributed by atoms with Gasteiger partial charge in [0.1, 0.15) is 6.61 Å². The molecule has 0 bridgehead atoms. The lowest BCUT2D eigenvalue weighted by Gasteiger charge is -1.98. The summed E-state index contributed by atoms with van der Waals surface area (Å²) < 4.78 is 0. The summed E-state index contributed by atoms with van der Waals surface area (Å²) in [6.45, 7) is 4.00. The van der Waals surface area contributed by atoms with Crippen molar-refractivity contribution in [1.82, 2.24) is 0 Å². The molecular formula is C6H15N3O6. The Hall–Kier alpha value is -1.64. The first-order chi connectivity index (χ1) is 7.00. The minimum absolute atomic E-state index is 0.191. The van der Waals surface area contributed by atoms with Gasteiger partial charge in [-0.2, -0.15) is 0 Å². The van der Waals surface area contributed by atoms with E-state index in [1.54, 1.807) is 0 Å². The Kier molecular flexibility index (Phi) is 13.0. The predicted molar refractivity (Wildman–Crippen MR) is 49.9 cm³/mol. The molecule has 0 saturated heterocycles. The Morgan fingerprint density at radius 1 is 1.20 bits per heavy atom. The number of unbranched alkanes of at least 4 members (excludes halogenated alkanes) is 1. The zero-order chi connectivity index (χ0) is 12.1. The molecule has 9 heteroatoms. The van der Waals surface area contributed by atoms with E-state index in [9.17, 15) is 10.1 Å². The molecule has 9 nitrogen and oxygen atoms in total. The van der Waals surface area contributed by atoms with Crippen LogP contribution in [0.1, 0.15) is 19.8 Å². The zero-order valence-electron chi connectivity index (χ0n) is 8.46.